The SMILES string of the molecule is Cc1cc(F)cc(C(O)c2cccc(Br)c2)c1. The van der Waals surface area contributed by atoms with Gasteiger partial charge in [-0.25, -0.2) is 4.39 Å². The number of benzene rings is 2. The Morgan fingerprint density at radius 1 is 1.12 bits per heavy atom. The molecule has 0 fully saturated rings. The van der Waals surface area contributed by atoms with E-state index < -0.39 is 6.10 Å². The Labute approximate surface area is 108 Å². The van der Waals surface area contributed by atoms with Gasteiger partial charge >= 0.3 is 0 Å². The lowest BCUT2D eigenvalue weighted by atomic mass is 10.00. The van der Waals surface area contributed by atoms with E-state index in [0.717, 1.165) is 15.6 Å². The van der Waals surface area contributed by atoms with E-state index in [4.69, 9.17) is 0 Å². The minimum absolute atomic E-state index is 0.325. The van der Waals surface area contributed by atoms with Crippen LogP contribution in [0.2, 0.25) is 0 Å². The van der Waals surface area contributed by atoms with Crippen molar-refractivity contribution in [2.45, 2.75) is 13.0 Å². The van der Waals surface area contributed by atoms with Gasteiger partial charge in [0.05, 0.1) is 0 Å². The van der Waals surface area contributed by atoms with Gasteiger partial charge in [-0.1, -0.05) is 34.1 Å². The van der Waals surface area contributed by atoms with Crippen molar-refractivity contribution in [3.05, 3.63) is 69.4 Å². The Kier molecular flexibility index (Phi) is 3.60. The van der Waals surface area contributed by atoms with Crippen LogP contribution in [0.4, 0.5) is 4.39 Å². The van der Waals surface area contributed by atoms with Gasteiger partial charge in [0.1, 0.15) is 11.9 Å². The number of rotatable bonds is 2. The van der Waals surface area contributed by atoms with Crippen LogP contribution in [0.15, 0.2) is 46.9 Å². The largest absolute Gasteiger partial charge is 0.384 e. The van der Waals surface area contributed by atoms with E-state index in [1.807, 2.05) is 24.3 Å². The van der Waals surface area contributed by atoms with Crippen LogP contribution in [0.3, 0.4) is 0 Å². The quantitative estimate of drug-likeness (QED) is 0.888. The molecular weight excluding hydrogens is 283 g/mol. The normalized spacial score (nSPS) is 12.5. The first-order valence-corrected chi connectivity index (χ1v) is 6.06. The highest BCUT2D eigenvalue weighted by Crippen LogP contribution is 2.25. The molecule has 1 N–H and O–H groups in total. The molecule has 3 heteroatoms. The summed E-state index contributed by atoms with van der Waals surface area (Å²) in [5.74, 6) is -0.325. The van der Waals surface area contributed by atoms with E-state index in [9.17, 15) is 9.50 Å². The van der Waals surface area contributed by atoms with E-state index in [-0.39, 0.29) is 5.82 Å². The maximum Gasteiger partial charge on any atom is 0.123 e. The second-order valence-electron chi connectivity index (χ2n) is 4.02. The fourth-order valence-corrected chi connectivity index (χ4v) is 2.21. The van der Waals surface area contributed by atoms with Gasteiger partial charge in [-0.3, -0.25) is 0 Å². The van der Waals surface area contributed by atoms with Crippen LogP contribution in [0.5, 0.6) is 0 Å². The molecule has 0 heterocycles. The molecule has 0 aromatic heterocycles. The molecule has 0 aliphatic heterocycles. The molecule has 0 spiro atoms. The van der Waals surface area contributed by atoms with Gasteiger partial charge in [0, 0.05) is 4.47 Å². The van der Waals surface area contributed by atoms with Crippen LogP contribution in [-0.4, -0.2) is 5.11 Å². The fraction of sp³-hybridized carbons (Fsp3) is 0.143. The highest BCUT2D eigenvalue weighted by Gasteiger charge is 2.12. The second kappa shape index (κ2) is 4.98. The second-order valence-corrected chi connectivity index (χ2v) is 4.94. The van der Waals surface area contributed by atoms with Crippen LogP contribution in [0.1, 0.15) is 22.8 Å². The molecule has 0 radical (unpaired) electrons. The summed E-state index contributed by atoms with van der Waals surface area (Å²) in [7, 11) is 0. The van der Waals surface area contributed by atoms with E-state index in [2.05, 4.69) is 15.9 Å². The molecule has 1 nitrogen and oxygen atoms in total. The highest BCUT2D eigenvalue weighted by atomic mass is 79.9. The van der Waals surface area contributed by atoms with E-state index in [0.29, 0.717) is 5.56 Å². The third-order valence-electron chi connectivity index (χ3n) is 2.54. The number of hydrogen-bond acceptors (Lipinski definition) is 1. The molecule has 2 aromatic carbocycles. The first kappa shape index (κ1) is 12.3. The molecule has 0 aliphatic carbocycles. The predicted molar refractivity (Wildman–Crippen MR) is 69.3 cm³/mol. The summed E-state index contributed by atoms with van der Waals surface area (Å²) < 4.78 is 14.2. The predicted octanol–water partition coefficient (Wildman–Crippen LogP) is 3.98. The van der Waals surface area contributed by atoms with E-state index in [1.165, 1.54) is 12.1 Å². The van der Waals surface area contributed by atoms with Crippen molar-refractivity contribution in [1.82, 2.24) is 0 Å². The number of aliphatic hydroxyl groups excluding tert-OH is 1. The van der Waals surface area contributed by atoms with Crippen molar-refractivity contribution >= 4 is 15.9 Å². The molecule has 1 unspecified atom stereocenters. The van der Waals surface area contributed by atoms with Crippen LogP contribution < -0.4 is 0 Å². The van der Waals surface area contributed by atoms with Gasteiger partial charge in [0.2, 0.25) is 0 Å². The summed E-state index contributed by atoms with van der Waals surface area (Å²) >= 11 is 3.35. The minimum atomic E-state index is -0.804. The number of aliphatic hydroxyl groups is 1. The van der Waals surface area contributed by atoms with Gasteiger partial charge < -0.3 is 5.11 Å². The topological polar surface area (TPSA) is 20.2 Å². The van der Waals surface area contributed by atoms with Crippen molar-refractivity contribution in [2.24, 2.45) is 0 Å². The lowest BCUT2D eigenvalue weighted by molar-refractivity contribution is 0.219. The molecule has 2 rings (SSSR count). The Morgan fingerprint density at radius 3 is 2.53 bits per heavy atom. The number of hydrogen-bond donors (Lipinski definition) is 1. The fourth-order valence-electron chi connectivity index (χ4n) is 1.79. The van der Waals surface area contributed by atoms with Crippen LogP contribution >= 0.6 is 15.9 Å². The standard InChI is InChI=1S/C14H12BrFO/c1-9-5-11(8-13(16)6-9)14(17)10-3-2-4-12(15)7-10/h2-8,14,17H,1H3. The zero-order valence-corrected chi connectivity index (χ0v) is 10.9. The summed E-state index contributed by atoms with van der Waals surface area (Å²) in [5, 5.41) is 10.2. The van der Waals surface area contributed by atoms with E-state index in [1.54, 1.807) is 13.0 Å². The van der Waals surface area contributed by atoms with Crippen molar-refractivity contribution in [1.29, 1.82) is 0 Å². The molecule has 17 heavy (non-hydrogen) atoms. The summed E-state index contributed by atoms with van der Waals surface area (Å²) in [6.45, 7) is 1.81. The molecule has 0 amide bonds. The molecule has 0 saturated carbocycles. The van der Waals surface area contributed by atoms with Crippen molar-refractivity contribution in [2.75, 3.05) is 0 Å². The van der Waals surface area contributed by atoms with Crippen molar-refractivity contribution in [3.63, 3.8) is 0 Å². The molecule has 0 saturated heterocycles. The molecule has 0 bridgehead atoms. The van der Waals surface area contributed by atoms with Gasteiger partial charge in [-0.15, -0.1) is 0 Å². The van der Waals surface area contributed by atoms with Crippen LogP contribution in [0, 0.1) is 12.7 Å². The van der Waals surface area contributed by atoms with Gasteiger partial charge in [-0.2, -0.15) is 0 Å². The lowest BCUT2D eigenvalue weighted by Crippen LogP contribution is -2.00. The smallest absolute Gasteiger partial charge is 0.123 e. The average Bonchev–Trinajstić information content (AvgIpc) is 2.26. The molecular formula is C14H12BrFO. The zero-order valence-electron chi connectivity index (χ0n) is 9.32. The lowest BCUT2D eigenvalue weighted by Gasteiger charge is -2.12. The highest BCUT2D eigenvalue weighted by molar-refractivity contribution is 9.10. The maximum atomic E-state index is 13.3. The number of halogens is 2. The summed E-state index contributed by atoms with van der Waals surface area (Å²) in [6, 6.07) is 12.0. The Hall–Kier alpha value is -1.19. The number of aryl methyl sites for hydroxylation is 1. The van der Waals surface area contributed by atoms with Crippen molar-refractivity contribution < 1.29 is 9.50 Å². The summed E-state index contributed by atoms with van der Waals surface area (Å²) in [5.41, 5.74) is 2.11. The first-order chi connectivity index (χ1) is 8.06. The van der Waals surface area contributed by atoms with Crippen molar-refractivity contribution in [3.8, 4) is 0 Å². The van der Waals surface area contributed by atoms with Gasteiger partial charge in [0.15, 0.2) is 0 Å². The summed E-state index contributed by atoms with van der Waals surface area (Å²) in [6.07, 6.45) is -0.804. The molecule has 1 atom stereocenters. The van der Waals surface area contributed by atoms with Gasteiger partial charge in [0.25, 0.3) is 0 Å². The Morgan fingerprint density at radius 2 is 1.88 bits per heavy atom. The Bertz CT molecular complexity index is 519. The average molecular weight is 295 g/mol. The Balaban J connectivity index is 2.39. The first-order valence-electron chi connectivity index (χ1n) is 5.27. The summed E-state index contributed by atoms with van der Waals surface area (Å²) in [4.78, 5) is 0. The van der Waals surface area contributed by atoms with Crippen LogP contribution in [0.25, 0.3) is 0 Å². The molecule has 0 aliphatic rings. The van der Waals surface area contributed by atoms with E-state index >= 15 is 0 Å². The molecule has 88 valence electrons. The third kappa shape index (κ3) is 2.93. The third-order valence-corrected chi connectivity index (χ3v) is 3.04. The van der Waals surface area contributed by atoms with Gasteiger partial charge in [-0.05, 0) is 47.9 Å². The monoisotopic (exact) mass is 294 g/mol. The van der Waals surface area contributed by atoms with Crippen LogP contribution in [-0.2, 0) is 0 Å². The molecule has 2 aromatic rings. The zero-order chi connectivity index (χ0) is 12.4. The maximum absolute atomic E-state index is 13.3. The minimum Gasteiger partial charge on any atom is -0.384 e.